The third-order valence-electron chi connectivity index (χ3n) is 1.65. The lowest BCUT2D eigenvalue weighted by molar-refractivity contribution is 0.559. The van der Waals surface area contributed by atoms with Crippen LogP contribution < -0.4 is 0 Å². The topological polar surface area (TPSA) is 59.9 Å². The summed E-state index contributed by atoms with van der Waals surface area (Å²) in [5.41, 5.74) is 0. The first-order valence-corrected chi connectivity index (χ1v) is 5.33. The highest BCUT2D eigenvalue weighted by molar-refractivity contribution is 7.92. The maximum absolute atomic E-state index is 11.8. The Kier molecular flexibility index (Phi) is 2.38. The van der Waals surface area contributed by atoms with E-state index < -0.39 is 14.6 Å². The van der Waals surface area contributed by atoms with Crippen LogP contribution in [0.5, 0.6) is 0 Å². The number of rotatable bonds is 1. The molecule has 0 fully saturated rings. The molecule has 0 bridgehead atoms. The van der Waals surface area contributed by atoms with Gasteiger partial charge in [-0.05, 0) is 20.8 Å². The highest BCUT2D eigenvalue weighted by Gasteiger charge is 2.31. The van der Waals surface area contributed by atoms with Gasteiger partial charge in [0.15, 0.2) is 9.84 Å². The second-order valence-electron chi connectivity index (χ2n) is 3.69. The lowest BCUT2D eigenvalue weighted by atomic mass is 10.3. The molecule has 0 radical (unpaired) electrons. The molecule has 13 heavy (non-hydrogen) atoms. The van der Waals surface area contributed by atoms with Gasteiger partial charge in [-0.15, -0.1) is 0 Å². The van der Waals surface area contributed by atoms with Gasteiger partial charge in [-0.3, -0.25) is 0 Å². The molecule has 0 aliphatic carbocycles. The molecule has 0 spiro atoms. The van der Waals surface area contributed by atoms with Gasteiger partial charge in [-0.2, -0.15) is 0 Å². The van der Waals surface area contributed by atoms with E-state index in [1.807, 2.05) is 0 Å². The summed E-state index contributed by atoms with van der Waals surface area (Å²) in [6, 6.07) is 0. The van der Waals surface area contributed by atoms with Gasteiger partial charge in [0.25, 0.3) is 0 Å². The highest BCUT2D eigenvalue weighted by atomic mass is 32.2. The third-order valence-corrected chi connectivity index (χ3v) is 4.10. The van der Waals surface area contributed by atoms with Crippen molar-refractivity contribution in [3.8, 4) is 0 Å². The summed E-state index contributed by atoms with van der Waals surface area (Å²) in [5, 5.41) is 0. The Morgan fingerprint density at radius 1 is 1.15 bits per heavy atom. The molecule has 72 valence electrons. The molecule has 0 aliphatic heterocycles. The third kappa shape index (κ3) is 1.85. The van der Waals surface area contributed by atoms with E-state index in [-0.39, 0.29) is 4.90 Å². The molecule has 5 heteroatoms. The maximum Gasteiger partial charge on any atom is 0.186 e. The number of hydrogen-bond acceptors (Lipinski definition) is 4. The number of hydrogen-bond donors (Lipinski definition) is 0. The predicted octanol–water partition coefficient (Wildman–Crippen LogP) is 1.05. The normalized spacial score (nSPS) is 12.8. The Balaban J connectivity index is 3.26. The van der Waals surface area contributed by atoms with Crippen molar-refractivity contribution in [1.29, 1.82) is 0 Å². The predicted molar refractivity (Wildman–Crippen MR) is 49.0 cm³/mol. The molecule has 0 unspecified atom stereocenters. The summed E-state index contributed by atoms with van der Waals surface area (Å²) in [6.07, 6.45) is 3.93. The molecule has 0 aromatic carbocycles. The van der Waals surface area contributed by atoms with Gasteiger partial charge < -0.3 is 0 Å². The lowest BCUT2D eigenvalue weighted by Gasteiger charge is -2.18. The van der Waals surface area contributed by atoms with Crippen molar-refractivity contribution in [3.05, 3.63) is 18.7 Å². The van der Waals surface area contributed by atoms with Crippen molar-refractivity contribution in [3.63, 3.8) is 0 Å². The maximum atomic E-state index is 11.8. The fraction of sp³-hybridized carbons (Fsp3) is 0.500. The van der Waals surface area contributed by atoms with Crippen LogP contribution in [0.25, 0.3) is 0 Å². The molecule has 0 atom stereocenters. The molecule has 1 aromatic rings. The van der Waals surface area contributed by atoms with Gasteiger partial charge >= 0.3 is 0 Å². The van der Waals surface area contributed by atoms with Crippen LogP contribution in [-0.4, -0.2) is 23.1 Å². The van der Waals surface area contributed by atoms with Crippen molar-refractivity contribution in [2.24, 2.45) is 0 Å². The fourth-order valence-electron chi connectivity index (χ4n) is 0.778. The SMILES string of the molecule is CC(C)(C)S(=O)(=O)c1cncnc1. The zero-order valence-corrected chi connectivity index (χ0v) is 8.67. The van der Waals surface area contributed by atoms with E-state index >= 15 is 0 Å². The second-order valence-corrected chi connectivity index (χ2v) is 6.39. The van der Waals surface area contributed by atoms with E-state index in [0.29, 0.717) is 0 Å². The second kappa shape index (κ2) is 3.06. The number of aromatic nitrogens is 2. The molecule has 1 rings (SSSR count). The van der Waals surface area contributed by atoms with Crippen molar-refractivity contribution in [2.75, 3.05) is 0 Å². The molecule has 0 amide bonds. The first-order valence-electron chi connectivity index (χ1n) is 3.85. The molecule has 4 nitrogen and oxygen atoms in total. The summed E-state index contributed by atoms with van der Waals surface area (Å²) in [7, 11) is -3.30. The van der Waals surface area contributed by atoms with Crippen LogP contribution in [0, 0.1) is 0 Å². The largest absolute Gasteiger partial charge is 0.243 e. The van der Waals surface area contributed by atoms with Gasteiger partial charge in [0, 0.05) is 12.4 Å². The van der Waals surface area contributed by atoms with Gasteiger partial charge in [-0.25, -0.2) is 18.4 Å². The van der Waals surface area contributed by atoms with E-state index in [2.05, 4.69) is 9.97 Å². The fourth-order valence-corrected chi connectivity index (χ4v) is 1.88. The van der Waals surface area contributed by atoms with Crippen molar-refractivity contribution in [1.82, 2.24) is 9.97 Å². The number of sulfone groups is 1. The summed E-state index contributed by atoms with van der Waals surface area (Å²) >= 11 is 0. The standard InChI is InChI=1S/C8H12N2O2S/c1-8(2,3)13(11,12)7-4-9-6-10-5-7/h4-6H,1-3H3. The molecule has 0 N–H and O–H groups in total. The smallest absolute Gasteiger partial charge is 0.186 e. The molecule has 0 saturated heterocycles. The Morgan fingerprint density at radius 3 is 2.00 bits per heavy atom. The van der Waals surface area contributed by atoms with Gasteiger partial charge in [0.2, 0.25) is 0 Å². The zero-order chi connectivity index (χ0) is 10.1. The first kappa shape index (κ1) is 10.1. The molecular weight excluding hydrogens is 188 g/mol. The monoisotopic (exact) mass is 200 g/mol. The van der Waals surface area contributed by atoms with Crippen molar-refractivity contribution in [2.45, 2.75) is 30.4 Å². The molecule has 0 saturated carbocycles. The van der Waals surface area contributed by atoms with Crippen LogP contribution in [0.2, 0.25) is 0 Å². The minimum atomic E-state index is -3.30. The summed E-state index contributed by atoms with van der Waals surface area (Å²) < 4.78 is 22.7. The zero-order valence-electron chi connectivity index (χ0n) is 7.85. The Labute approximate surface area is 78.0 Å². The minimum absolute atomic E-state index is 0.169. The van der Waals surface area contributed by atoms with Crippen LogP contribution in [0.1, 0.15) is 20.8 Å². The Bertz CT molecular complexity index is 378. The highest BCUT2D eigenvalue weighted by Crippen LogP contribution is 2.22. The van der Waals surface area contributed by atoms with Crippen LogP contribution in [0.4, 0.5) is 0 Å². The van der Waals surface area contributed by atoms with E-state index in [1.165, 1.54) is 18.7 Å². The van der Waals surface area contributed by atoms with Gasteiger partial charge in [0.05, 0.1) is 4.75 Å². The van der Waals surface area contributed by atoms with E-state index in [4.69, 9.17) is 0 Å². The first-order chi connectivity index (χ1) is 5.86. The average molecular weight is 200 g/mol. The van der Waals surface area contributed by atoms with Crippen LogP contribution in [0.15, 0.2) is 23.6 Å². The van der Waals surface area contributed by atoms with Crippen LogP contribution >= 0.6 is 0 Å². The van der Waals surface area contributed by atoms with Crippen molar-refractivity contribution < 1.29 is 8.42 Å². The van der Waals surface area contributed by atoms with Gasteiger partial charge in [0.1, 0.15) is 11.2 Å². The summed E-state index contributed by atoms with van der Waals surface area (Å²) in [4.78, 5) is 7.52. The quantitative estimate of drug-likeness (QED) is 0.679. The summed E-state index contributed by atoms with van der Waals surface area (Å²) in [6.45, 7) is 4.94. The van der Waals surface area contributed by atoms with E-state index in [1.54, 1.807) is 20.8 Å². The van der Waals surface area contributed by atoms with E-state index in [9.17, 15) is 8.42 Å². The van der Waals surface area contributed by atoms with Crippen LogP contribution in [0.3, 0.4) is 0 Å². The number of nitrogens with zero attached hydrogens (tertiary/aromatic N) is 2. The van der Waals surface area contributed by atoms with Crippen LogP contribution in [-0.2, 0) is 9.84 Å². The minimum Gasteiger partial charge on any atom is -0.243 e. The Hall–Kier alpha value is -0.970. The molecule has 1 heterocycles. The van der Waals surface area contributed by atoms with E-state index in [0.717, 1.165) is 0 Å². The lowest BCUT2D eigenvalue weighted by Crippen LogP contribution is -2.28. The molecule has 0 aliphatic rings. The average Bonchev–Trinajstić information content (AvgIpc) is 2.04. The molecular formula is C8H12N2O2S. The van der Waals surface area contributed by atoms with Crippen molar-refractivity contribution >= 4 is 9.84 Å². The van der Waals surface area contributed by atoms with Gasteiger partial charge in [-0.1, -0.05) is 0 Å². The molecule has 1 aromatic heterocycles. The Morgan fingerprint density at radius 2 is 1.62 bits per heavy atom. The summed E-state index contributed by atoms with van der Waals surface area (Å²) in [5.74, 6) is 0.